The zero-order chi connectivity index (χ0) is 17.0. The third-order valence-electron chi connectivity index (χ3n) is 3.39. The van der Waals surface area contributed by atoms with Crippen molar-refractivity contribution < 1.29 is 9.21 Å². The van der Waals surface area contributed by atoms with Crippen molar-refractivity contribution in [1.29, 1.82) is 0 Å². The fraction of sp³-hybridized carbons (Fsp3) is 0.400. The Morgan fingerprint density at radius 3 is 2.78 bits per heavy atom. The second-order valence-corrected chi connectivity index (χ2v) is 5.96. The first kappa shape index (κ1) is 17.7. The van der Waals surface area contributed by atoms with Crippen molar-refractivity contribution in [3.05, 3.63) is 34.1 Å². The number of hydrogen-bond donors (Lipinski definition) is 1. The molecule has 1 aromatic heterocycles. The van der Waals surface area contributed by atoms with Crippen LogP contribution in [-0.4, -0.2) is 41.1 Å². The molecule has 0 spiro atoms. The minimum atomic E-state index is -0.204. The third-order valence-corrected chi connectivity index (χ3v) is 3.94. The summed E-state index contributed by atoms with van der Waals surface area (Å²) >= 11 is 12.0. The molecule has 1 aromatic carbocycles. The fourth-order valence-corrected chi connectivity index (χ4v) is 2.47. The molecule has 0 bridgehead atoms. The number of hydrogen-bond acceptors (Lipinski definition) is 5. The van der Waals surface area contributed by atoms with Crippen LogP contribution in [0.15, 0.2) is 22.6 Å². The van der Waals surface area contributed by atoms with Gasteiger partial charge in [-0.25, -0.2) is 0 Å². The van der Waals surface area contributed by atoms with Gasteiger partial charge in [-0.2, -0.15) is 0 Å². The van der Waals surface area contributed by atoms with Gasteiger partial charge in [0, 0.05) is 11.6 Å². The summed E-state index contributed by atoms with van der Waals surface area (Å²) in [5, 5.41) is 11.8. The summed E-state index contributed by atoms with van der Waals surface area (Å²) in [5.74, 6) is 0.681. The second-order valence-electron chi connectivity index (χ2n) is 5.11. The normalized spacial score (nSPS) is 12.4. The van der Waals surface area contributed by atoms with Gasteiger partial charge in [0.2, 0.25) is 17.7 Å². The smallest absolute Gasteiger partial charge is 0.249 e. The summed E-state index contributed by atoms with van der Waals surface area (Å²) in [4.78, 5) is 13.5. The highest BCUT2D eigenvalue weighted by Crippen LogP contribution is 2.30. The van der Waals surface area contributed by atoms with E-state index in [1.807, 2.05) is 25.8 Å². The number of aromatic nitrogens is 2. The van der Waals surface area contributed by atoms with Crippen molar-refractivity contribution >= 4 is 29.1 Å². The number of amides is 1. The predicted octanol–water partition coefficient (Wildman–Crippen LogP) is 3.17. The first-order valence-electron chi connectivity index (χ1n) is 7.18. The number of halogens is 2. The van der Waals surface area contributed by atoms with Crippen LogP contribution in [0.2, 0.25) is 10.0 Å². The van der Waals surface area contributed by atoms with Gasteiger partial charge in [0.25, 0.3) is 0 Å². The van der Waals surface area contributed by atoms with Gasteiger partial charge < -0.3 is 9.73 Å². The molecule has 8 heteroatoms. The van der Waals surface area contributed by atoms with Crippen LogP contribution in [0.25, 0.3) is 11.5 Å². The topological polar surface area (TPSA) is 71.3 Å². The summed E-state index contributed by atoms with van der Waals surface area (Å²) in [6, 6.07) is 4.85. The third kappa shape index (κ3) is 4.43. The minimum Gasteiger partial charge on any atom is -0.419 e. The Kier molecular flexibility index (Phi) is 5.98. The largest absolute Gasteiger partial charge is 0.419 e. The average Bonchev–Trinajstić information content (AvgIpc) is 2.96. The van der Waals surface area contributed by atoms with E-state index in [0.29, 0.717) is 33.9 Å². The standard InChI is InChI=1S/C15H18Cl2N4O2/c1-4-18-13(22)8-21(3)9(2)14-19-20-15(23-14)11-6-5-10(16)7-12(11)17/h5-7,9H,4,8H2,1-3H3,(H,18,22). The molecule has 2 rings (SSSR count). The van der Waals surface area contributed by atoms with Gasteiger partial charge in [0.1, 0.15) is 0 Å². The fourth-order valence-electron chi connectivity index (χ4n) is 1.98. The molecule has 1 amide bonds. The lowest BCUT2D eigenvalue weighted by Gasteiger charge is -2.20. The maximum Gasteiger partial charge on any atom is 0.249 e. The number of carbonyl (C=O) groups excluding carboxylic acids is 1. The highest BCUT2D eigenvalue weighted by molar-refractivity contribution is 6.36. The highest BCUT2D eigenvalue weighted by Gasteiger charge is 2.21. The molecular weight excluding hydrogens is 339 g/mol. The van der Waals surface area contributed by atoms with E-state index < -0.39 is 0 Å². The van der Waals surface area contributed by atoms with Gasteiger partial charge >= 0.3 is 0 Å². The lowest BCUT2D eigenvalue weighted by Crippen LogP contribution is -2.36. The Labute approximate surface area is 144 Å². The predicted molar refractivity (Wildman–Crippen MR) is 89.5 cm³/mol. The molecule has 0 radical (unpaired) electrons. The van der Waals surface area contributed by atoms with Gasteiger partial charge in [0.15, 0.2) is 0 Å². The molecule has 0 saturated carbocycles. The number of benzene rings is 1. The van der Waals surface area contributed by atoms with E-state index in [1.165, 1.54) is 0 Å². The molecule has 0 saturated heterocycles. The van der Waals surface area contributed by atoms with Crippen LogP contribution in [-0.2, 0) is 4.79 Å². The molecular formula is C15H18Cl2N4O2. The van der Waals surface area contributed by atoms with Crippen molar-refractivity contribution in [2.45, 2.75) is 19.9 Å². The molecule has 0 aliphatic carbocycles. The van der Waals surface area contributed by atoms with Crippen LogP contribution in [0.4, 0.5) is 0 Å². The monoisotopic (exact) mass is 356 g/mol. The summed E-state index contributed by atoms with van der Waals surface area (Å²) in [6.07, 6.45) is 0. The molecule has 1 unspecified atom stereocenters. The van der Waals surface area contributed by atoms with Crippen LogP contribution in [0.1, 0.15) is 25.8 Å². The van der Waals surface area contributed by atoms with E-state index in [-0.39, 0.29) is 18.5 Å². The molecule has 1 atom stereocenters. The van der Waals surface area contributed by atoms with Crippen molar-refractivity contribution in [2.24, 2.45) is 0 Å². The molecule has 0 fully saturated rings. The number of carbonyl (C=O) groups is 1. The van der Waals surface area contributed by atoms with Crippen LogP contribution in [0.3, 0.4) is 0 Å². The molecule has 1 heterocycles. The van der Waals surface area contributed by atoms with E-state index in [0.717, 1.165) is 0 Å². The summed E-state index contributed by atoms with van der Waals surface area (Å²) in [6.45, 7) is 4.61. The molecule has 6 nitrogen and oxygen atoms in total. The number of likely N-dealkylation sites (N-methyl/N-ethyl adjacent to an activating group) is 2. The first-order chi connectivity index (χ1) is 10.9. The number of nitrogens with zero attached hydrogens (tertiary/aromatic N) is 3. The highest BCUT2D eigenvalue weighted by atomic mass is 35.5. The van der Waals surface area contributed by atoms with Crippen molar-refractivity contribution in [2.75, 3.05) is 20.1 Å². The van der Waals surface area contributed by atoms with Gasteiger partial charge in [-0.05, 0) is 39.1 Å². The Balaban J connectivity index is 2.13. The first-order valence-corrected chi connectivity index (χ1v) is 7.93. The van der Waals surface area contributed by atoms with E-state index >= 15 is 0 Å². The van der Waals surface area contributed by atoms with Gasteiger partial charge in [0.05, 0.1) is 23.2 Å². The van der Waals surface area contributed by atoms with Crippen LogP contribution < -0.4 is 5.32 Å². The molecule has 2 aromatic rings. The van der Waals surface area contributed by atoms with Crippen LogP contribution in [0, 0.1) is 0 Å². The second kappa shape index (κ2) is 7.77. The van der Waals surface area contributed by atoms with Crippen molar-refractivity contribution in [1.82, 2.24) is 20.4 Å². The van der Waals surface area contributed by atoms with Crippen LogP contribution >= 0.6 is 23.2 Å². The summed E-state index contributed by atoms with van der Waals surface area (Å²) in [7, 11) is 1.82. The average molecular weight is 357 g/mol. The quantitative estimate of drug-likeness (QED) is 0.860. The lowest BCUT2D eigenvalue weighted by atomic mass is 10.2. The SMILES string of the molecule is CCNC(=O)CN(C)C(C)c1nnc(-c2ccc(Cl)cc2Cl)o1. The molecule has 23 heavy (non-hydrogen) atoms. The van der Waals surface area contributed by atoms with Crippen molar-refractivity contribution in [3.63, 3.8) is 0 Å². The van der Waals surface area contributed by atoms with Gasteiger partial charge in [-0.15, -0.1) is 10.2 Å². The molecule has 0 aliphatic rings. The summed E-state index contributed by atoms with van der Waals surface area (Å²) in [5.41, 5.74) is 0.619. The Hall–Kier alpha value is -1.63. The number of rotatable bonds is 6. The number of nitrogens with one attached hydrogen (secondary N) is 1. The Morgan fingerprint density at radius 2 is 2.13 bits per heavy atom. The van der Waals surface area contributed by atoms with Crippen LogP contribution in [0.5, 0.6) is 0 Å². The Morgan fingerprint density at radius 1 is 1.39 bits per heavy atom. The van der Waals surface area contributed by atoms with E-state index in [2.05, 4.69) is 15.5 Å². The van der Waals surface area contributed by atoms with E-state index in [9.17, 15) is 4.79 Å². The zero-order valence-electron chi connectivity index (χ0n) is 13.1. The van der Waals surface area contributed by atoms with Gasteiger partial charge in [-0.1, -0.05) is 23.2 Å². The molecule has 0 aliphatic heterocycles. The van der Waals surface area contributed by atoms with Gasteiger partial charge in [-0.3, -0.25) is 9.69 Å². The molecule has 124 valence electrons. The van der Waals surface area contributed by atoms with E-state index in [1.54, 1.807) is 18.2 Å². The maximum atomic E-state index is 11.6. The maximum absolute atomic E-state index is 11.6. The lowest BCUT2D eigenvalue weighted by molar-refractivity contribution is -0.122. The zero-order valence-corrected chi connectivity index (χ0v) is 14.6. The minimum absolute atomic E-state index is 0.0534. The van der Waals surface area contributed by atoms with E-state index in [4.69, 9.17) is 27.6 Å². The Bertz CT molecular complexity index is 690. The molecule has 1 N–H and O–H groups in total. The summed E-state index contributed by atoms with van der Waals surface area (Å²) < 4.78 is 5.69. The van der Waals surface area contributed by atoms with Crippen molar-refractivity contribution in [3.8, 4) is 11.5 Å².